The first kappa shape index (κ1) is 30.1. The van der Waals surface area contributed by atoms with Gasteiger partial charge in [-0.05, 0) is 31.0 Å². The normalized spacial score (nSPS) is 19.2. The number of nitrogens with one attached hydrogen (secondary N) is 2. The van der Waals surface area contributed by atoms with E-state index in [0.717, 1.165) is 12.3 Å². The third-order valence-corrected chi connectivity index (χ3v) is 7.62. The molecule has 2 fully saturated rings. The quantitative estimate of drug-likeness (QED) is 0.330. The summed E-state index contributed by atoms with van der Waals surface area (Å²) in [6.45, 7) is 0.0133. The molecule has 14 heteroatoms. The molecule has 1 aliphatic heterocycles. The molecule has 43 heavy (non-hydrogen) atoms. The molecule has 5 rings (SSSR count). The first-order chi connectivity index (χ1) is 20.6. The minimum Gasteiger partial charge on any atom is -0.449 e. The highest BCUT2D eigenvalue weighted by Gasteiger charge is 2.40. The van der Waals surface area contributed by atoms with Crippen molar-refractivity contribution in [2.45, 2.75) is 56.3 Å². The van der Waals surface area contributed by atoms with Crippen LogP contribution >= 0.6 is 11.6 Å². The summed E-state index contributed by atoms with van der Waals surface area (Å²) in [5, 5.41) is 13.8. The number of alkyl halides is 2. The molecule has 2 aliphatic rings. The van der Waals surface area contributed by atoms with Gasteiger partial charge in [-0.1, -0.05) is 29.8 Å². The van der Waals surface area contributed by atoms with Crippen LogP contribution in [0.15, 0.2) is 61.1 Å². The number of hydrazine groups is 1. The van der Waals surface area contributed by atoms with E-state index in [2.05, 4.69) is 20.7 Å². The number of hydrogen-bond acceptors (Lipinski definition) is 8. The molecule has 2 amide bonds. The Morgan fingerprint density at radius 2 is 1.95 bits per heavy atom. The molecule has 2 N–H and O–H groups in total. The SMILES string of the molecule is N#Cc1ccnc(N2C(=O)OCCC2NN(c2cncc(F)c2)[C@H](C(=O)NC2CCC(F)(F)CC2)c2ccccc2Cl)c1. The van der Waals surface area contributed by atoms with Crippen molar-refractivity contribution in [2.75, 3.05) is 16.5 Å². The minimum atomic E-state index is -2.79. The van der Waals surface area contributed by atoms with Gasteiger partial charge in [0, 0.05) is 48.2 Å². The molecular weight excluding hydrogens is 587 g/mol. The number of pyridine rings is 2. The Morgan fingerprint density at radius 1 is 1.19 bits per heavy atom. The lowest BCUT2D eigenvalue weighted by atomic mass is 9.92. The van der Waals surface area contributed by atoms with E-state index in [0.29, 0.717) is 5.56 Å². The van der Waals surface area contributed by atoms with Crippen LogP contribution in [0.4, 0.5) is 29.5 Å². The predicted molar refractivity (Wildman–Crippen MR) is 151 cm³/mol. The Labute approximate surface area is 250 Å². The molecule has 3 aromatic rings. The summed E-state index contributed by atoms with van der Waals surface area (Å²) in [5.74, 6) is -3.96. The Hall–Kier alpha value is -4.41. The average molecular weight is 614 g/mol. The smallest absolute Gasteiger partial charge is 0.416 e. The lowest BCUT2D eigenvalue weighted by molar-refractivity contribution is -0.124. The van der Waals surface area contributed by atoms with Gasteiger partial charge in [0.15, 0.2) is 6.04 Å². The van der Waals surface area contributed by atoms with Crippen LogP contribution in [0.1, 0.15) is 49.3 Å². The fourth-order valence-corrected chi connectivity index (χ4v) is 5.37. The second-order valence-electron chi connectivity index (χ2n) is 10.2. The predicted octanol–water partition coefficient (Wildman–Crippen LogP) is 5.26. The van der Waals surface area contributed by atoms with E-state index in [-0.39, 0.29) is 60.8 Å². The van der Waals surface area contributed by atoms with Crippen molar-refractivity contribution in [2.24, 2.45) is 0 Å². The van der Waals surface area contributed by atoms with E-state index in [1.165, 1.54) is 34.4 Å². The summed E-state index contributed by atoms with van der Waals surface area (Å²) in [6, 6.07) is 10.8. The van der Waals surface area contributed by atoms with E-state index >= 15 is 0 Å². The van der Waals surface area contributed by atoms with Crippen LogP contribution in [-0.4, -0.2) is 46.7 Å². The molecule has 3 heterocycles. The number of carbonyl (C=O) groups excluding carboxylic acids is 2. The molecule has 0 radical (unpaired) electrons. The Morgan fingerprint density at radius 3 is 2.67 bits per heavy atom. The van der Waals surface area contributed by atoms with Crippen LogP contribution in [0.25, 0.3) is 0 Å². The highest BCUT2D eigenvalue weighted by Crippen LogP contribution is 2.35. The van der Waals surface area contributed by atoms with Gasteiger partial charge in [-0.25, -0.2) is 33.3 Å². The van der Waals surface area contributed by atoms with Crippen LogP contribution in [0.2, 0.25) is 5.02 Å². The monoisotopic (exact) mass is 613 g/mol. The first-order valence-electron chi connectivity index (χ1n) is 13.6. The van der Waals surface area contributed by atoms with Gasteiger partial charge in [0.2, 0.25) is 11.8 Å². The van der Waals surface area contributed by atoms with E-state index in [1.54, 1.807) is 24.3 Å². The van der Waals surface area contributed by atoms with Crippen molar-refractivity contribution >= 4 is 35.1 Å². The van der Waals surface area contributed by atoms with Crippen molar-refractivity contribution in [3.63, 3.8) is 0 Å². The van der Waals surface area contributed by atoms with Gasteiger partial charge in [-0.15, -0.1) is 0 Å². The third kappa shape index (κ3) is 6.98. The maximum absolute atomic E-state index is 14.5. The van der Waals surface area contributed by atoms with Gasteiger partial charge in [0.05, 0.1) is 36.3 Å². The van der Waals surface area contributed by atoms with Crippen molar-refractivity contribution in [3.05, 3.63) is 83.0 Å². The minimum absolute atomic E-state index is 0.0133. The lowest BCUT2D eigenvalue weighted by Gasteiger charge is -2.41. The average Bonchev–Trinajstić information content (AvgIpc) is 2.99. The van der Waals surface area contributed by atoms with E-state index < -0.39 is 42.0 Å². The van der Waals surface area contributed by atoms with Crippen LogP contribution in [0.5, 0.6) is 0 Å². The number of rotatable bonds is 8. The van der Waals surface area contributed by atoms with Crippen molar-refractivity contribution in [1.82, 2.24) is 20.7 Å². The van der Waals surface area contributed by atoms with Gasteiger partial charge >= 0.3 is 6.09 Å². The number of amides is 2. The fourth-order valence-electron chi connectivity index (χ4n) is 5.13. The number of cyclic esters (lactones) is 1. The standard InChI is InChI=1S/C29H27ClF3N7O3/c30-23-4-2-1-3-22(23)26(27(41)37-20-5-9-29(32,33)10-6-20)40(21-14-19(31)16-35-17-21)38-24-8-12-43-28(42)39(24)25-13-18(15-34)7-11-36-25/h1-4,7,11,13-14,16-17,20,24,26,38H,5-6,8-10,12H2,(H,37,41)/t24?,26-/m0/s1. The third-order valence-electron chi connectivity index (χ3n) is 7.27. The molecule has 1 unspecified atom stereocenters. The van der Waals surface area contributed by atoms with Crippen molar-refractivity contribution in [1.29, 1.82) is 5.26 Å². The number of hydrogen-bond donors (Lipinski definition) is 2. The summed E-state index contributed by atoms with van der Waals surface area (Å²) in [4.78, 5) is 36.4. The van der Waals surface area contributed by atoms with Gasteiger partial charge in [0.1, 0.15) is 17.8 Å². The number of nitriles is 1. The number of ether oxygens (including phenoxy) is 1. The van der Waals surface area contributed by atoms with Gasteiger partial charge in [0.25, 0.3) is 0 Å². The number of halogens is 4. The molecule has 224 valence electrons. The first-order valence-corrected chi connectivity index (χ1v) is 13.9. The summed E-state index contributed by atoms with van der Waals surface area (Å²) in [6.07, 6.45) is 1.68. The highest BCUT2D eigenvalue weighted by molar-refractivity contribution is 6.31. The molecule has 2 atom stereocenters. The molecule has 1 aliphatic carbocycles. The Kier molecular flexibility index (Phi) is 8.98. The zero-order chi connectivity index (χ0) is 30.6. The van der Waals surface area contributed by atoms with Crippen LogP contribution in [0, 0.1) is 17.1 Å². The van der Waals surface area contributed by atoms with Crippen LogP contribution in [-0.2, 0) is 9.53 Å². The van der Waals surface area contributed by atoms with Crippen LogP contribution in [0.3, 0.4) is 0 Å². The zero-order valence-electron chi connectivity index (χ0n) is 22.7. The highest BCUT2D eigenvalue weighted by atomic mass is 35.5. The number of anilines is 2. The second kappa shape index (κ2) is 12.8. The summed E-state index contributed by atoms with van der Waals surface area (Å²) in [7, 11) is 0. The number of nitrogens with zero attached hydrogens (tertiary/aromatic N) is 5. The maximum atomic E-state index is 14.5. The van der Waals surface area contributed by atoms with Gasteiger partial charge in [-0.3, -0.25) is 14.8 Å². The van der Waals surface area contributed by atoms with E-state index in [1.807, 2.05) is 6.07 Å². The molecular formula is C29H27ClF3N7O3. The summed E-state index contributed by atoms with van der Waals surface area (Å²) >= 11 is 6.58. The van der Waals surface area contributed by atoms with Crippen molar-refractivity contribution in [3.8, 4) is 6.07 Å². The largest absolute Gasteiger partial charge is 0.449 e. The summed E-state index contributed by atoms with van der Waals surface area (Å²) in [5.41, 5.74) is 3.86. The molecule has 0 spiro atoms. The van der Waals surface area contributed by atoms with Gasteiger partial charge < -0.3 is 10.1 Å². The van der Waals surface area contributed by atoms with Crippen LogP contribution < -0.4 is 20.7 Å². The van der Waals surface area contributed by atoms with E-state index in [4.69, 9.17) is 16.3 Å². The Bertz CT molecular complexity index is 1530. The molecule has 1 saturated carbocycles. The lowest BCUT2D eigenvalue weighted by Crippen LogP contribution is -2.61. The zero-order valence-corrected chi connectivity index (χ0v) is 23.5. The molecule has 1 saturated heterocycles. The van der Waals surface area contributed by atoms with Crippen molar-refractivity contribution < 1.29 is 27.5 Å². The molecule has 1 aromatic carbocycles. The molecule has 2 aromatic heterocycles. The van der Waals surface area contributed by atoms with Gasteiger partial charge in [-0.2, -0.15) is 5.26 Å². The topological polar surface area (TPSA) is 123 Å². The molecule has 10 nitrogen and oxygen atoms in total. The fraction of sp³-hybridized carbons (Fsp3) is 0.345. The van der Waals surface area contributed by atoms with E-state index in [9.17, 15) is 28.0 Å². The second-order valence-corrected chi connectivity index (χ2v) is 10.6. The summed E-state index contributed by atoms with van der Waals surface area (Å²) < 4.78 is 47.5. The number of carbonyl (C=O) groups is 2. The number of benzene rings is 1. The number of aromatic nitrogens is 2. The molecule has 0 bridgehead atoms. The Balaban J connectivity index is 1.56. The maximum Gasteiger partial charge on any atom is 0.416 e.